The monoisotopic (exact) mass is 459 g/mol. The summed E-state index contributed by atoms with van der Waals surface area (Å²) >= 11 is 0. The second kappa shape index (κ2) is 10.5. The second-order valence-corrected chi connectivity index (χ2v) is 9.33. The lowest BCUT2D eigenvalue weighted by molar-refractivity contribution is -0.128. The van der Waals surface area contributed by atoms with Gasteiger partial charge in [-0.1, -0.05) is 54.6 Å². The van der Waals surface area contributed by atoms with Crippen LogP contribution in [0.1, 0.15) is 43.0 Å². The van der Waals surface area contributed by atoms with Gasteiger partial charge in [0, 0.05) is 51.7 Å². The zero-order valence-corrected chi connectivity index (χ0v) is 19.8. The summed E-state index contributed by atoms with van der Waals surface area (Å²) in [5, 5.41) is 12.1. The molecule has 0 bridgehead atoms. The van der Waals surface area contributed by atoms with E-state index in [4.69, 9.17) is 4.74 Å². The first-order valence-corrected chi connectivity index (χ1v) is 12.3. The zero-order valence-electron chi connectivity index (χ0n) is 19.8. The van der Waals surface area contributed by atoms with Gasteiger partial charge in [0.15, 0.2) is 5.82 Å². The summed E-state index contributed by atoms with van der Waals surface area (Å²) in [7, 11) is 0. The van der Waals surface area contributed by atoms with Gasteiger partial charge in [-0.05, 0) is 36.5 Å². The summed E-state index contributed by atoms with van der Waals surface area (Å²) in [5.41, 5.74) is 3.80. The Bertz CT molecular complexity index is 1090. The van der Waals surface area contributed by atoms with Crippen molar-refractivity contribution < 1.29 is 9.53 Å². The summed E-state index contributed by atoms with van der Waals surface area (Å²) in [5.74, 6) is 1.99. The molecule has 5 rings (SSSR count). The molecule has 0 spiro atoms. The SMILES string of the molecule is C[C@@H](NC(=O)C1CCOCC1)c1nnc2n1CCN(Cc1ccc(-c3ccccc3)cc1)CC2. The average molecular weight is 460 g/mol. The molecule has 3 heterocycles. The molecule has 1 aromatic heterocycles. The van der Waals surface area contributed by atoms with Crippen molar-refractivity contribution in [2.75, 3.05) is 26.3 Å². The first-order valence-electron chi connectivity index (χ1n) is 12.3. The number of aromatic nitrogens is 3. The molecule has 7 heteroatoms. The molecular weight excluding hydrogens is 426 g/mol. The van der Waals surface area contributed by atoms with Crippen LogP contribution < -0.4 is 5.32 Å². The molecule has 0 aliphatic carbocycles. The Morgan fingerprint density at radius 1 is 1.00 bits per heavy atom. The van der Waals surface area contributed by atoms with E-state index in [0.29, 0.717) is 13.2 Å². The van der Waals surface area contributed by atoms with Gasteiger partial charge in [-0.3, -0.25) is 9.69 Å². The molecule has 1 fully saturated rings. The van der Waals surface area contributed by atoms with E-state index in [1.54, 1.807) is 0 Å². The molecule has 1 N–H and O–H groups in total. The molecular formula is C27H33N5O2. The number of benzene rings is 2. The standard InChI is InChI=1S/C27H33N5O2/c1-20(28-27(33)24-12-17-34-18-13-24)26-30-29-25-11-14-31(15-16-32(25)26)19-21-7-9-23(10-8-21)22-5-3-2-4-6-22/h2-10,20,24H,11-19H2,1H3,(H,28,33)/t20-/m1/s1. The molecule has 1 saturated heterocycles. The van der Waals surface area contributed by atoms with Gasteiger partial charge in [-0.2, -0.15) is 0 Å². The van der Waals surface area contributed by atoms with Crippen LogP contribution in [0, 0.1) is 5.92 Å². The van der Waals surface area contributed by atoms with Crippen LogP contribution in [0.5, 0.6) is 0 Å². The lowest BCUT2D eigenvalue weighted by Crippen LogP contribution is -2.36. The third kappa shape index (κ3) is 5.21. The van der Waals surface area contributed by atoms with Gasteiger partial charge in [-0.25, -0.2) is 0 Å². The molecule has 1 atom stereocenters. The molecule has 1 amide bonds. The fourth-order valence-electron chi connectivity index (χ4n) is 4.91. The highest BCUT2D eigenvalue weighted by Crippen LogP contribution is 2.22. The molecule has 2 aliphatic rings. The highest BCUT2D eigenvalue weighted by atomic mass is 16.5. The molecule has 2 aromatic carbocycles. The van der Waals surface area contributed by atoms with Crippen LogP contribution in [0.25, 0.3) is 11.1 Å². The lowest BCUT2D eigenvalue weighted by atomic mass is 9.99. The van der Waals surface area contributed by atoms with Crippen molar-refractivity contribution in [3.8, 4) is 11.1 Å². The molecule has 178 valence electrons. The maximum atomic E-state index is 12.7. The third-order valence-corrected chi connectivity index (χ3v) is 6.95. The highest BCUT2D eigenvalue weighted by molar-refractivity contribution is 5.79. The molecule has 0 unspecified atom stereocenters. The number of amides is 1. The Hall–Kier alpha value is -3.03. The lowest BCUT2D eigenvalue weighted by Gasteiger charge is -2.23. The van der Waals surface area contributed by atoms with Crippen molar-refractivity contribution in [3.05, 3.63) is 71.8 Å². The number of nitrogens with zero attached hydrogens (tertiary/aromatic N) is 4. The van der Waals surface area contributed by atoms with Gasteiger partial charge in [-0.15, -0.1) is 10.2 Å². The Kier molecular flexibility index (Phi) is 7.02. The van der Waals surface area contributed by atoms with Crippen molar-refractivity contribution >= 4 is 5.91 Å². The Labute approximate surface area is 201 Å². The molecule has 2 aliphatic heterocycles. The summed E-state index contributed by atoms with van der Waals surface area (Å²) in [6, 6.07) is 19.2. The van der Waals surface area contributed by atoms with E-state index in [1.165, 1.54) is 16.7 Å². The van der Waals surface area contributed by atoms with Gasteiger partial charge >= 0.3 is 0 Å². The Morgan fingerprint density at radius 3 is 2.50 bits per heavy atom. The smallest absolute Gasteiger partial charge is 0.223 e. The van der Waals surface area contributed by atoms with E-state index in [-0.39, 0.29) is 17.9 Å². The summed E-state index contributed by atoms with van der Waals surface area (Å²) in [4.78, 5) is 15.2. The van der Waals surface area contributed by atoms with Crippen LogP contribution in [0.4, 0.5) is 0 Å². The molecule has 3 aromatic rings. The maximum Gasteiger partial charge on any atom is 0.223 e. The van der Waals surface area contributed by atoms with Gasteiger partial charge in [0.2, 0.25) is 5.91 Å². The van der Waals surface area contributed by atoms with Crippen LogP contribution in [0.3, 0.4) is 0 Å². The number of carbonyl (C=O) groups is 1. The van der Waals surface area contributed by atoms with Crippen LogP contribution in [0.15, 0.2) is 54.6 Å². The van der Waals surface area contributed by atoms with Gasteiger partial charge in [0.1, 0.15) is 5.82 Å². The van der Waals surface area contributed by atoms with Crippen LogP contribution >= 0.6 is 0 Å². The maximum absolute atomic E-state index is 12.7. The summed E-state index contributed by atoms with van der Waals surface area (Å²) in [6.45, 7) is 6.96. The number of hydrogen-bond acceptors (Lipinski definition) is 5. The molecule has 0 radical (unpaired) electrons. The van der Waals surface area contributed by atoms with Crippen molar-refractivity contribution in [3.63, 3.8) is 0 Å². The fourth-order valence-corrected chi connectivity index (χ4v) is 4.91. The van der Waals surface area contributed by atoms with Gasteiger partial charge in [0.25, 0.3) is 0 Å². The second-order valence-electron chi connectivity index (χ2n) is 9.33. The average Bonchev–Trinajstić information content (AvgIpc) is 3.20. The van der Waals surface area contributed by atoms with E-state index in [2.05, 4.69) is 73.5 Å². The number of nitrogens with one attached hydrogen (secondary N) is 1. The Balaban J connectivity index is 1.19. The van der Waals surface area contributed by atoms with Crippen LogP contribution in [0.2, 0.25) is 0 Å². The zero-order chi connectivity index (χ0) is 23.3. The number of fused-ring (bicyclic) bond motifs is 1. The first-order chi connectivity index (χ1) is 16.7. The molecule has 0 saturated carbocycles. The van der Waals surface area contributed by atoms with Crippen LogP contribution in [-0.2, 0) is 29.0 Å². The Morgan fingerprint density at radius 2 is 1.74 bits per heavy atom. The molecule has 7 nitrogen and oxygen atoms in total. The number of carbonyl (C=O) groups excluding carboxylic acids is 1. The minimum absolute atomic E-state index is 0.0338. The summed E-state index contributed by atoms with van der Waals surface area (Å²) < 4.78 is 7.58. The van der Waals surface area contributed by atoms with E-state index >= 15 is 0 Å². The largest absolute Gasteiger partial charge is 0.381 e. The topological polar surface area (TPSA) is 72.3 Å². The van der Waals surface area contributed by atoms with Crippen molar-refractivity contribution in [2.24, 2.45) is 5.92 Å². The third-order valence-electron chi connectivity index (χ3n) is 6.95. The number of rotatable bonds is 6. The summed E-state index contributed by atoms with van der Waals surface area (Å²) in [6.07, 6.45) is 2.44. The number of hydrogen-bond donors (Lipinski definition) is 1. The predicted octanol–water partition coefficient (Wildman–Crippen LogP) is 3.61. The number of ether oxygens (including phenoxy) is 1. The van der Waals surface area contributed by atoms with E-state index in [1.807, 2.05) is 13.0 Å². The highest BCUT2D eigenvalue weighted by Gasteiger charge is 2.26. The normalized spacial score (nSPS) is 18.1. The van der Waals surface area contributed by atoms with Crippen molar-refractivity contribution in [1.82, 2.24) is 25.0 Å². The van der Waals surface area contributed by atoms with E-state index in [0.717, 1.165) is 57.1 Å². The predicted molar refractivity (Wildman–Crippen MR) is 131 cm³/mol. The molecule has 34 heavy (non-hydrogen) atoms. The quantitative estimate of drug-likeness (QED) is 0.610. The van der Waals surface area contributed by atoms with E-state index in [9.17, 15) is 4.79 Å². The van der Waals surface area contributed by atoms with E-state index < -0.39 is 0 Å². The van der Waals surface area contributed by atoms with Crippen molar-refractivity contribution in [1.29, 1.82) is 0 Å². The first kappa shape index (κ1) is 22.7. The van der Waals surface area contributed by atoms with Crippen LogP contribution in [-0.4, -0.2) is 51.9 Å². The minimum atomic E-state index is -0.159. The van der Waals surface area contributed by atoms with Gasteiger partial charge in [0.05, 0.1) is 6.04 Å². The fraction of sp³-hybridized carbons (Fsp3) is 0.444. The van der Waals surface area contributed by atoms with Crippen molar-refractivity contribution in [2.45, 2.75) is 45.3 Å². The minimum Gasteiger partial charge on any atom is -0.381 e. The van der Waals surface area contributed by atoms with Gasteiger partial charge < -0.3 is 14.6 Å².